The summed E-state index contributed by atoms with van der Waals surface area (Å²) >= 11 is 1.62. The maximum Gasteiger partial charge on any atom is 0.227 e. The highest BCUT2D eigenvalue weighted by atomic mass is 32.1. The van der Waals surface area contributed by atoms with Crippen LogP contribution in [0.3, 0.4) is 0 Å². The summed E-state index contributed by atoms with van der Waals surface area (Å²) in [6.07, 6.45) is 2.41. The number of nitrogens with two attached hydrogens (primary N) is 1. The van der Waals surface area contributed by atoms with E-state index in [9.17, 15) is 4.79 Å². The molecule has 1 unspecified atom stereocenters. The maximum atomic E-state index is 12.0. The molecular formula is C11H16N2O2S. The molecule has 0 spiro atoms. The summed E-state index contributed by atoms with van der Waals surface area (Å²) < 4.78 is 0. The van der Waals surface area contributed by atoms with Crippen LogP contribution in [0.25, 0.3) is 0 Å². The molecule has 1 aliphatic heterocycles. The van der Waals surface area contributed by atoms with Crippen molar-refractivity contribution in [1.29, 1.82) is 0 Å². The molecule has 0 saturated carbocycles. The van der Waals surface area contributed by atoms with Crippen molar-refractivity contribution in [3.05, 3.63) is 22.4 Å². The van der Waals surface area contributed by atoms with E-state index in [2.05, 4.69) is 0 Å². The van der Waals surface area contributed by atoms with Gasteiger partial charge in [0.2, 0.25) is 5.91 Å². The Hall–Kier alpha value is -0.910. The number of piperidine rings is 1. The molecule has 0 aliphatic carbocycles. The number of hydrogen-bond acceptors (Lipinski definition) is 4. The average Bonchev–Trinajstić information content (AvgIpc) is 2.82. The number of rotatable bonds is 3. The molecule has 2 rings (SSSR count). The quantitative estimate of drug-likeness (QED) is 0.807. The van der Waals surface area contributed by atoms with Gasteiger partial charge >= 0.3 is 0 Å². The van der Waals surface area contributed by atoms with Crippen LogP contribution in [0.5, 0.6) is 0 Å². The molecule has 1 amide bonds. The standard InChI is InChI=1S/C11H16N2O2S/c12-15-9-3-1-5-13(8-9)11(14)7-10-4-2-6-16-10/h2,4,6,9H,1,3,5,7-8,12H2. The SMILES string of the molecule is NOC1CCCN(C(=O)Cc2cccs2)C1. The van der Waals surface area contributed by atoms with Gasteiger partial charge in [-0.25, -0.2) is 5.90 Å². The Balaban J connectivity index is 1.89. The van der Waals surface area contributed by atoms with E-state index in [1.807, 2.05) is 22.4 Å². The molecule has 0 bridgehead atoms. The molecule has 2 N–H and O–H groups in total. The summed E-state index contributed by atoms with van der Waals surface area (Å²) in [5, 5.41) is 1.99. The maximum absolute atomic E-state index is 12.0. The predicted molar refractivity (Wildman–Crippen MR) is 62.9 cm³/mol. The Morgan fingerprint density at radius 2 is 2.56 bits per heavy atom. The number of hydrogen-bond donors (Lipinski definition) is 1. The van der Waals surface area contributed by atoms with Gasteiger partial charge in [0, 0.05) is 18.0 Å². The molecule has 1 saturated heterocycles. The predicted octanol–water partition coefficient (Wildman–Crippen LogP) is 1.17. The molecule has 1 aromatic rings. The molecule has 16 heavy (non-hydrogen) atoms. The summed E-state index contributed by atoms with van der Waals surface area (Å²) in [5.41, 5.74) is 0. The molecule has 2 heterocycles. The van der Waals surface area contributed by atoms with E-state index >= 15 is 0 Å². The summed E-state index contributed by atoms with van der Waals surface area (Å²) in [7, 11) is 0. The summed E-state index contributed by atoms with van der Waals surface area (Å²) in [5.74, 6) is 5.34. The van der Waals surface area contributed by atoms with Gasteiger partial charge in [-0.2, -0.15) is 0 Å². The van der Waals surface area contributed by atoms with Crippen molar-refractivity contribution in [2.75, 3.05) is 13.1 Å². The van der Waals surface area contributed by atoms with Gasteiger partial charge in [0.25, 0.3) is 0 Å². The third-order valence-corrected chi connectivity index (χ3v) is 3.71. The van der Waals surface area contributed by atoms with E-state index in [1.54, 1.807) is 11.3 Å². The first-order valence-corrected chi connectivity index (χ1v) is 6.33. The molecule has 1 aliphatic rings. The van der Waals surface area contributed by atoms with Gasteiger partial charge in [0.1, 0.15) is 0 Å². The lowest BCUT2D eigenvalue weighted by atomic mass is 10.1. The second kappa shape index (κ2) is 5.43. The van der Waals surface area contributed by atoms with Crippen molar-refractivity contribution < 1.29 is 9.63 Å². The van der Waals surface area contributed by atoms with Gasteiger partial charge < -0.3 is 4.90 Å². The second-order valence-corrected chi connectivity index (χ2v) is 5.03. The number of carbonyl (C=O) groups excluding carboxylic acids is 1. The minimum Gasteiger partial charge on any atom is -0.340 e. The number of likely N-dealkylation sites (tertiary alicyclic amines) is 1. The Labute approximate surface area is 98.9 Å². The third-order valence-electron chi connectivity index (χ3n) is 2.83. The van der Waals surface area contributed by atoms with Gasteiger partial charge in [0.15, 0.2) is 0 Å². The van der Waals surface area contributed by atoms with Crippen LogP contribution in [0.15, 0.2) is 17.5 Å². The van der Waals surface area contributed by atoms with E-state index in [0.29, 0.717) is 13.0 Å². The summed E-state index contributed by atoms with van der Waals surface area (Å²) in [4.78, 5) is 19.7. The minimum absolute atomic E-state index is 0.000959. The topological polar surface area (TPSA) is 55.6 Å². The minimum atomic E-state index is 0.000959. The monoisotopic (exact) mass is 240 g/mol. The van der Waals surface area contributed by atoms with Crippen LogP contribution in [-0.2, 0) is 16.1 Å². The lowest BCUT2D eigenvalue weighted by molar-refractivity contribution is -0.134. The van der Waals surface area contributed by atoms with Gasteiger partial charge in [-0.15, -0.1) is 11.3 Å². The van der Waals surface area contributed by atoms with Crippen molar-refractivity contribution in [1.82, 2.24) is 4.90 Å². The zero-order valence-electron chi connectivity index (χ0n) is 9.09. The lowest BCUT2D eigenvalue weighted by Gasteiger charge is -2.31. The van der Waals surface area contributed by atoms with E-state index in [-0.39, 0.29) is 12.0 Å². The Bertz CT molecular complexity index is 340. The van der Waals surface area contributed by atoms with Gasteiger partial charge in [0.05, 0.1) is 12.5 Å². The fraction of sp³-hybridized carbons (Fsp3) is 0.545. The van der Waals surface area contributed by atoms with Crippen molar-refractivity contribution in [3.63, 3.8) is 0 Å². The Kier molecular flexibility index (Phi) is 3.93. The van der Waals surface area contributed by atoms with Crippen LogP contribution < -0.4 is 5.90 Å². The van der Waals surface area contributed by atoms with Gasteiger partial charge in [-0.05, 0) is 24.3 Å². The first-order chi connectivity index (χ1) is 7.79. The van der Waals surface area contributed by atoms with Crippen LogP contribution in [0.2, 0.25) is 0 Å². The summed E-state index contributed by atoms with van der Waals surface area (Å²) in [6, 6.07) is 3.96. The van der Waals surface area contributed by atoms with Crippen LogP contribution in [0.4, 0.5) is 0 Å². The Morgan fingerprint density at radius 1 is 1.69 bits per heavy atom. The molecule has 0 radical (unpaired) electrons. The summed E-state index contributed by atoms with van der Waals surface area (Å²) in [6.45, 7) is 1.45. The molecule has 5 heteroatoms. The molecule has 4 nitrogen and oxygen atoms in total. The van der Waals surface area contributed by atoms with Crippen molar-refractivity contribution in [3.8, 4) is 0 Å². The van der Waals surface area contributed by atoms with Crippen LogP contribution >= 0.6 is 11.3 Å². The molecule has 1 aromatic heterocycles. The molecule has 1 atom stereocenters. The third kappa shape index (κ3) is 2.81. The lowest BCUT2D eigenvalue weighted by Crippen LogP contribution is -2.44. The second-order valence-electron chi connectivity index (χ2n) is 4.00. The number of thiophene rings is 1. The molecule has 1 fully saturated rings. The van der Waals surface area contributed by atoms with E-state index < -0.39 is 0 Å². The van der Waals surface area contributed by atoms with Crippen LogP contribution in [-0.4, -0.2) is 30.0 Å². The first-order valence-electron chi connectivity index (χ1n) is 5.45. The highest BCUT2D eigenvalue weighted by Gasteiger charge is 2.23. The van der Waals surface area contributed by atoms with Crippen LogP contribution in [0.1, 0.15) is 17.7 Å². The fourth-order valence-electron chi connectivity index (χ4n) is 1.95. The van der Waals surface area contributed by atoms with Crippen LogP contribution in [0, 0.1) is 0 Å². The molecule has 88 valence electrons. The molecular weight excluding hydrogens is 224 g/mol. The zero-order valence-corrected chi connectivity index (χ0v) is 9.91. The number of nitrogens with zero attached hydrogens (tertiary/aromatic N) is 1. The Morgan fingerprint density at radius 3 is 3.25 bits per heavy atom. The van der Waals surface area contributed by atoms with Gasteiger partial charge in [-0.1, -0.05) is 6.07 Å². The van der Waals surface area contributed by atoms with Crippen molar-refractivity contribution in [2.24, 2.45) is 5.90 Å². The van der Waals surface area contributed by atoms with E-state index in [1.165, 1.54) is 0 Å². The molecule has 0 aromatic carbocycles. The average molecular weight is 240 g/mol. The number of amides is 1. The smallest absolute Gasteiger partial charge is 0.227 e. The normalized spacial score (nSPS) is 21.1. The van der Waals surface area contributed by atoms with Crippen molar-refractivity contribution >= 4 is 17.2 Å². The largest absolute Gasteiger partial charge is 0.340 e. The van der Waals surface area contributed by atoms with E-state index in [4.69, 9.17) is 10.7 Å². The highest BCUT2D eigenvalue weighted by molar-refractivity contribution is 7.10. The highest BCUT2D eigenvalue weighted by Crippen LogP contribution is 2.15. The zero-order chi connectivity index (χ0) is 11.4. The van der Waals surface area contributed by atoms with Gasteiger partial charge in [-0.3, -0.25) is 9.63 Å². The number of carbonyl (C=O) groups is 1. The van der Waals surface area contributed by atoms with Crippen molar-refractivity contribution in [2.45, 2.75) is 25.4 Å². The first kappa shape index (κ1) is 11.6. The van der Waals surface area contributed by atoms with E-state index in [0.717, 1.165) is 24.3 Å². The fourth-order valence-corrected chi connectivity index (χ4v) is 2.65.